The van der Waals surface area contributed by atoms with Crippen molar-refractivity contribution in [1.82, 2.24) is 4.98 Å². The Kier molecular flexibility index (Phi) is 3.47. The third-order valence-electron chi connectivity index (χ3n) is 3.47. The van der Waals surface area contributed by atoms with E-state index < -0.39 is 0 Å². The predicted octanol–water partition coefficient (Wildman–Crippen LogP) is 2.36. The molecule has 5 nitrogen and oxygen atoms in total. The molecule has 3 rings (SSSR count). The summed E-state index contributed by atoms with van der Waals surface area (Å²) in [7, 11) is 3.35. The number of pyridine rings is 1. The Balaban J connectivity index is 2.11. The molecular weight excluding hydrogens is 284 g/mol. The van der Waals surface area contributed by atoms with Crippen molar-refractivity contribution >= 4 is 29.5 Å². The number of benzene rings is 1. The summed E-state index contributed by atoms with van der Waals surface area (Å²) in [6.45, 7) is 0. The van der Waals surface area contributed by atoms with Crippen LogP contribution in [-0.2, 0) is 6.42 Å². The van der Waals surface area contributed by atoms with Crippen molar-refractivity contribution in [3.63, 3.8) is 0 Å². The number of rotatable bonds is 2. The number of nitrogens with two attached hydrogens (primary N) is 2. The Bertz CT molecular complexity index is 743. The topological polar surface area (TPSA) is 86.5 Å². The van der Waals surface area contributed by atoms with Gasteiger partial charge in [0.05, 0.1) is 18.4 Å². The minimum atomic E-state index is 0.418. The Hall–Kier alpha value is -2.21. The van der Waals surface area contributed by atoms with Crippen LogP contribution in [0.25, 0.3) is 0 Å². The number of nitrogen functional groups attached to an aromatic ring is 2. The van der Waals surface area contributed by atoms with Crippen LogP contribution in [0.15, 0.2) is 33.1 Å². The number of fused-ring (bicyclic) bond motifs is 2. The van der Waals surface area contributed by atoms with Crippen LogP contribution in [0.1, 0.15) is 16.7 Å². The van der Waals surface area contributed by atoms with E-state index in [1.807, 2.05) is 18.2 Å². The van der Waals surface area contributed by atoms with Crippen molar-refractivity contribution in [2.75, 3.05) is 25.6 Å². The highest BCUT2D eigenvalue weighted by molar-refractivity contribution is 7.99. The lowest BCUT2D eigenvalue weighted by molar-refractivity contribution is 0.414. The van der Waals surface area contributed by atoms with Gasteiger partial charge in [0, 0.05) is 30.1 Å². The summed E-state index contributed by atoms with van der Waals surface area (Å²) in [6.07, 6.45) is 2.38. The fourth-order valence-corrected chi connectivity index (χ4v) is 3.44. The quantitative estimate of drug-likeness (QED) is 0.709. The van der Waals surface area contributed by atoms with Gasteiger partial charge in [-0.2, -0.15) is 0 Å². The standard InChI is InChI=1S/C15H16N4OS/c1-18-7-11-13(16)10-6-8-5-9(20-2)3-4-12(8)21-15(10)19-14(11)17/h3-5,7H,6H2,1-2H3,(H4,16,17,19). The number of hydrogen-bond donors (Lipinski definition) is 2. The molecule has 0 fully saturated rings. The smallest absolute Gasteiger partial charge is 0.135 e. The largest absolute Gasteiger partial charge is 0.497 e. The van der Waals surface area contributed by atoms with Gasteiger partial charge in [0.2, 0.25) is 0 Å². The summed E-state index contributed by atoms with van der Waals surface area (Å²) >= 11 is 1.59. The number of nitrogens with zero attached hydrogens (tertiary/aromatic N) is 2. The number of methoxy groups -OCH3 is 1. The molecule has 108 valence electrons. The number of aliphatic imine (C=N–C) groups is 1. The molecule has 0 spiro atoms. The Labute approximate surface area is 127 Å². The lowest BCUT2D eigenvalue weighted by Crippen LogP contribution is -2.11. The van der Waals surface area contributed by atoms with Crippen molar-refractivity contribution in [3.05, 3.63) is 34.9 Å². The van der Waals surface area contributed by atoms with Crippen molar-refractivity contribution in [3.8, 4) is 5.75 Å². The van der Waals surface area contributed by atoms with Crippen LogP contribution in [0.5, 0.6) is 5.75 Å². The third-order valence-corrected chi connectivity index (χ3v) is 4.62. The van der Waals surface area contributed by atoms with Crippen molar-refractivity contribution in [2.24, 2.45) is 4.99 Å². The number of hydrogen-bond acceptors (Lipinski definition) is 6. The number of aromatic nitrogens is 1. The molecule has 2 heterocycles. The van der Waals surface area contributed by atoms with E-state index in [9.17, 15) is 0 Å². The summed E-state index contributed by atoms with van der Waals surface area (Å²) in [6, 6.07) is 6.02. The Morgan fingerprint density at radius 2 is 2.19 bits per heavy atom. The van der Waals surface area contributed by atoms with Crippen LogP contribution in [0.2, 0.25) is 0 Å². The van der Waals surface area contributed by atoms with Gasteiger partial charge in [-0.05, 0) is 23.8 Å². The van der Waals surface area contributed by atoms with E-state index in [2.05, 4.69) is 9.98 Å². The van der Waals surface area contributed by atoms with Gasteiger partial charge in [0.25, 0.3) is 0 Å². The molecule has 0 saturated carbocycles. The number of anilines is 2. The Morgan fingerprint density at radius 1 is 1.38 bits per heavy atom. The lowest BCUT2D eigenvalue weighted by atomic mass is 10.0. The van der Waals surface area contributed by atoms with E-state index in [1.165, 1.54) is 5.56 Å². The molecule has 2 aromatic rings. The molecule has 0 bridgehead atoms. The van der Waals surface area contributed by atoms with Crippen LogP contribution in [0, 0.1) is 0 Å². The zero-order valence-electron chi connectivity index (χ0n) is 11.9. The first-order valence-corrected chi connectivity index (χ1v) is 7.30. The van der Waals surface area contributed by atoms with Crippen LogP contribution < -0.4 is 16.2 Å². The highest BCUT2D eigenvalue weighted by Gasteiger charge is 2.23. The second kappa shape index (κ2) is 5.29. The molecule has 0 saturated heterocycles. The summed E-state index contributed by atoms with van der Waals surface area (Å²) in [5.41, 5.74) is 15.8. The second-order valence-corrected chi connectivity index (χ2v) is 5.78. The van der Waals surface area contributed by atoms with Gasteiger partial charge in [-0.15, -0.1) is 0 Å². The van der Waals surface area contributed by atoms with Crippen LogP contribution in [0.4, 0.5) is 11.5 Å². The fourth-order valence-electron chi connectivity index (χ4n) is 2.39. The molecule has 0 unspecified atom stereocenters. The van der Waals surface area contributed by atoms with E-state index >= 15 is 0 Å². The fraction of sp³-hybridized carbons (Fsp3) is 0.200. The first-order valence-electron chi connectivity index (χ1n) is 6.48. The summed E-state index contributed by atoms with van der Waals surface area (Å²) < 4.78 is 5.28. The molecule has 0 aliphatic carbocycles. The maximum Gasteiger partial charge on any atom is 0.135 e. The van der Waals surface area contributed by atoms with Crippen LogP contribution in [0.3, 0.4) is 0 Å². The summed E-state index contributed by atoms with van der Waals surface area (Å²) in [5.74, 6) is 1.26. The molecule has 0 atom stereocenters. The van der Waals surface area contributed by atoms with Crippen LogP contribution in [-0.4, -0.2) is 25.4 Å². The zero-order chi connectivity index (χ0) is 15.0. The first-order chi connectivity index (χ1) is 10.1. The van der Waals surface area contributed by atoms with Crippen molar-refractivity contribution in [2.45, 2.75) is 16.3 Å². The minimum Gasteiger partial charge on any atom is -0.497 e. The Morgan fingerprint density at radius 3 is 2.90 bits per heavy atom. The maximum atomic E-state index is 6.26. The lowest BCUT2D eigenvalue weighted by Gasteiger charge is -2.21. The van der Waals surface area contributed by atoms with Crippen molar-refractivity contribution < 1.29 is 4.74 Å². The van der Waals surface area contributed by atoms with E-state index in [1.54, 1.807) is 32.1 Å². The van der Waals surface area contributed by atoms with Gasteiger partial charge in [0.15, 0.2) is 0 Å². The molecule has 1 aliphatic heterocycles. The molecule has 4 N–H and O–H groups in total. The maximum absolute atomic E-state index is 6.26. The third kappa shape index (κ3) is 2.31. The second-order valence-electron chi connectivity index (χ2n) is 4.75. The molecule has 1 aromatic carbocycles. The molecular formula is C15H16N4OS. The zero-order valence-corrected chi connectivity index (χ0v) is 12.7. The van der Waals surface area contributed by atoms with Gasteiger partial charge in [-0.25, -0.2) is 4.98 Å². The van der Waals surface area contributed by atoms with E-state index in [0.717, 1.165) is 27.7 Å². The summed E-state index contributed by atoms with van der Waals surface area (Å²) in [5, 5.41) is 0.871. The van der Waals surface area contributed by atoms with E-state index in [0.29, 0.717) is 17.1 Å². The molecule has 0 radical (unpaired) electrons. The van der Waals surface area contributed by atoms with E-state index in [-0.39, 0.29) is 0 Å². The van der Waals surface area contributed by atoms with Gasteiger partial charge in [-0.3, -0.25) is 4.99 Å². The predicted molar refractivity (Wildman–Crippen MR) is 86.5 cm³/mol. The SMILES string of the molecule is CN=Cc1c(N)nc2c(c1N)Cc1cc(OC)ccc1S2. The van der Waals surface area contributed by atoms with Crippen LogP contribution >= 0.6 is 11.8 Å². The first kappa shape index (κ1) is 13.8. The highest BCUT2D eigenvalue weighted by atomic mass is 32.2. The summed E-state index contributed by atoms with van der Waals surface area (Å²) in [4.78, 5) is 9.63. The minimum absolute atomic E-state index is 0.418. The monoisotopic (exact) mass is 300 g/mol. The van der Waals surface area contributed by atoms with Crippen molar-refractivity contribution in [1.29, 1.82) is 0 Å². The molecule has 1 aromatic heterocycles. The van der Waals surface area contributed by atoms with Gasteiger partial charge >= 0.3 is 0 Å². The van der Waals surface area contributed by atoms with E-state index in [4.69, 9.17) is 16.2 Å². The highest BCUT2D eigenvalue weighted by Crippen LogP contribution is 2.43. The average molecular weight is 300 g/mol. The number of ether oxygens (including phenoxy) is 1. The normalized spacial score (nSPS) is 13.0. The molecule has 1 aliphatic rings. The van der Waals surface area contributed by atoms with Gasteiger partial charge in [-0.1, -0.05) is 11.8 Å². The molecule has 21 heavy (non-hydrogen) atoms. The van der Waals surface area contributed by atoms with Gasteiger partial charge in [0.1, 0.15) is 16.6 Å². The average Bonchev–Trinajstić information content (AvgIpc) is 2.49. The molecule has 6 heteroatoms. The van der Waals surface area contributed by atoms with Gasteiger partial charge < -0.3 is 16.2 Å². The molecule has 0 amide bonds.